The topological polar surface area (TPSA) is 122 Å². The second-order valence-corrected chi connectivity index (χ2v) is 9.20. The Balaban J connectivity index is 1.53. The van der Waals surface area contributed by atoms with Crippen molar-refractivity contribution in [1.82, 2.24) is 20.6 Å². The van der Waals surface area contributed by atoms with E-state index in [2.05, 4.69) is 20.9 Å². The van der Waals surface area contributed by atoms with Crippen LogP contribution >= 0.6 is 0 Å². The Morgan fingerprint density at radius 2 is 1.77 bits per heavy atom. The molecule has 9 nitrogen and oxygen atoms in total. The molecule has 186 valence electrons. The molecule has 3 aromatic rings. The Bertz CT molecular complexity index is 1220. The third-order valence-corrected chi connectivity index (χ3v) is 5.23. The fourth-order valence-corrected chi connectivity index (χ4v) is 3.56. The Hall–Kier alpha value is -3.75. The van der Waals surface area contributed by atoms with Crippen molar-refractivity contribution in [3.05, 3.63) is 42.2 Å². The van der Waals surface area contributed by atoms with Crippen LogP contribution in [0.25, 0.3) is 21.7 Å². The molecule has 3 N–H and O–H groups in total. The van der Waals surface area contributed by atoms with Crippen LogP contribution in [0.3, 0.4) is 0 Å². The quantitative estimate of drug-likeness (QED) is 0.226. The number of rotatable bonds is 10. The highest BCUT2D eigenvalue weighted by atomic mass is 16.6. The number of ketones is 1. The van der Waals surface area contributed by atoms with Gasteiger partial charge in [-0.05, 0) is 39.3 Å². The number of carbonyl (C=O) groups is 3. The highest BCUT2D eigenvalue weighted by Crippen LogP contribution is 2.29. The zero-order chi connectivity index (χ0) is 25.4. The molecule has 2 amide bonds. The fourth-order valence-electron chi connectivity index (χ4n) is 3.56. The third-order valence-electron chi connectivity index (χ3n) is 5.23. The molecule has 2 aromatic heterocycles. The Labute approximate surface area is 205 Å². The molecule has 0 saturated heterocycles. The number of aromatic nitrogens is 2. The Morgan fingerprint density at radius 1 is 0.971 bits per heavy atom. The number of ether oxygens (including phenoxy) is 1. The van der Waals surface area contributed by atoms with Gasteiger partial charge in [0.2, 0.25) is 5.91 Å². The summed E-state index contributed by atoms with van der Waals surface area (Å²) in [7, 11) is 0. The van der Waals surface area contributed by atoms with Gasteiger partial charge in [0, 0.05) is 66.6 Å². The van der Waals surface area contributed by atoms with E-state index in [4.69, 9.17) is 9.72 Å². The molecule has 0 aliphatic rings. The van der Waals surface area contributed by atoms with E-state index in [1.807, 2.05) is 31.2 Å². The molecule has 35 heavy (non-hydrogen) atoms. The second-order valence-electron chi connectivity index (χ2n) is 9.20. The number of anilines is 1. The smallest absolute Gasteiger partial charge is 0.407 e. The zero-order valence-electron chi connectivity index (χ0n) is 20.7. The lowest BCUT2D eigenvalue weighted by molar-refractivity contribution is -0.120. The number of hydrogen-bond donors (Lipinski definition) is 3. The van der Waals surface area contributed by atoms with Crippen molar-refractivity contribution >= 4 is 45.3 Å². The number of alkyl carbamates (subject to hydrolysis) is 1. The monoisotopic (exact) mass is 479 g/mol. The summed E-state index contributed by atoms with van der Waals surface area (Å²) >= 11 is 0. The number of amides is 2. The third kappa shape index (κ3) is 7.37. The number of fused-ring (bicyclic) bond motifs is 3. The molecule has 0 aliphatic carbocycles. The first-order chi connectivity index (χ1) is 16.7. The van der Waals surface area contributed by atoms with E-state index < -0.39 is 11.7 Å². The van der Waals surface area contributed by atoms with Crippen LogP contribution in [-0.4, -0.2) is 53.0 Å². The lowest BCUT2D eigenvalue weighted by Gasteiger charge is -2.19. The lowest BCUT2D eigenvalue weighted by atomic mass is 10.0. The highest BCUT2D eigenvalue weighted by Gasteiger charge is 2.16. The average molecular weight is 480 g/mol. The lowest BCUT2D eigenvalue weighted by Crippen LogP contribution is -2.35. The van der Waals surface area contributed by atoms with Gasteiger partial charge in [-0.1, -0.05) is 19.1 Å². The first-order valence-electron chi connectivity index (χ1n) is 11.9. The van der Waals surface area contributed by atoms with E-state index in [0.717, 1.165) is 21.7 Å². The van der Waals surface area contributed by atoms with E-state index in [1.54, 1.807) is 33.2 Å². The van der Waals surface area contributed by atoms with Crippen LogP contribution in [0.5, 0.6) is 0 Å². The van der Waals surface area contributed by atoms with Gasteiger partial charge in [0.05, 0.1) is 5.52 Å². The van der Waals surface area contributed by atoms with Crippen molar-refractivity contribution in [2.75, 3.05) is 25.0 Å². The fraction of sp³-hybridized carbons (Fsp3) is 0.423. The number of pyridine rings is 2. The summed E-state index contributed by atoms with van der Waals surface area (Å²) in [6.07, 6.45) is 4.29. The van der Waals surface area contributed by atoms with Gasteiger partial charge in [-0.3, -0.25) is 14.6 Å². The van der Waals surface area contributed by atoms with Crippen LogP contribution in [0.1, 0.15) is 57.3 Å². The summed E-state index contributed by atoms with van der Waals surface area (Å²) in [5.74, 6) is 0.643. The molecular formula is C26H33N5O4. The van der Waals surface area contributed by atoms with Crippen LogP contribution in [0.4, 0.5) is 10.6 Å². The van der Waals surface area contributed by atoms with Gasteiger partial charge in [0.15, 0.2) is 5.78 Å². The minimum Gasteiger partial charge on any atom is -0.444 e. The molecule has 0 saturated carbocycles. The van der Waals surface area contributed by atoms with Crippen LogP contribution < -0.4 is 16.0 Å². The predicted molar refractivity (Wildman–Crippen MR) is 137 cm³/mol. The molecule has 0 unspecified atom stereocenters. The molecule has 0 aliphatic heterocycles. The largest absolute Gasteiger partial charge is 0.444 e. The minimum atomic E-state index is -0.573. The first-order valence-corrected chi connectivity index (χ1v) is 11.9. The molecule has 0 bridgehead atoms. The maximum absolute atomic E-state index is 12.1. The van der Waals surface area contributed by atoms with E-state index >= 15 is 0 Å². The molecular weight excluding hydrogens is 446 g/mol. The Kier molecular flexibility index (Phi) is 8.57. The van der Waals surface area contributed by atoms with E-state index in [-0.39, 0.29) is 24.7 Å². The molecule has 2 heterocycles. The predicted octanol–water partition coefficient (Wildman–Crippen LogP) is 4.21. The molecule has 0 atom stereocenters. The maximum Gasteiger partial charge on any atom is 0.407 e. The summed E-state index contributed by atoms with van der Waals surface area (Å²) in [6, 6.07) is 7.49. The van der Waals surface area contributed by atoms with Gasteiger partial charge < -0.3 is 20.7 Å². The Morgan fingerprint density at radius 3 is 2.51 bits per heavy atom. The normalized spacial score (nSPS) is 11.3. The second kappa shape index (κ2) is 11.6. The summed E-state index contributed by atoms with van der Waals surface area (Å²) in [5.41, 5.74) is 0.805. The van der Waals surface area contributed by atoms with Crippen molar-refractivity contribution in [3.63, 3.8) is 0 Å². The molecule has 9 heteroatoms. The number of carbonyl (C=O) groups excluding carboxylic acids is 3. The maximum atomic E-state index is 12.1. The van der Waals surface area contributed by atoms with Crippen molar-refractivity contribution in [2.45, 2.75) is 52.6 Å². The van der Waals surface area contributed by atoms with Crippen molar-refractivity contribution in [1.29, 1.82) is 0 Å². The number of hydrogen-bond acceptors (Lipinski definition) is 7. The molecule has 0 spiro atoms. The van der Waals surface area contributed by atoms with Gasteiger partial charge in [0.25, 0.3) is 0 Å². The molecule has 0 radical (unpaired) electrons. The van der Waals surface area contributed by atoms with Gasteiger partial charge in [-0.2, -0.15) is 0 Å². The van der Waals surface area contributed by atoms with Crippen LogP contribution in [0.15, 0.2) is 36.7 Å². The van der Waals surface area contributed by atoms with Gasteiger partial charge in [-0.25, -0.2) is 9.78 Å². The van der Waals surface area contributed by atoms with E-state index in [1.165, 1.54) is 0 Å². The van der Waals surface area contributed by atoms with Gasteiger partial charge in [0.1, 0.15) is 11.4 Å². The summed E-state index contributed by atoms with van der Waals surface area (Å²) in [4.78, 5) is 44.8. The van der Waals surface area contributed by atoms with Crippen molar-refractivity contribution in [3.8, 4) is 0 Å². The van der Waals surface area contributed by atoms with E-state index in [9.17, 15) is 14.4 Å². The molecule has 3 rings (SSSR count). The zero-order valence-corrected chi connectivity index (χ0v) is 20.7. The van der Waals surface area contributed by atoms with Gasteiger partial charge >= 0.3 is 6.09 Å². The number of nitrogens with zero attached hydrogens (tertiary/aromatic N) is 2. The number of Topliss-reactive ketones (excluding diaryl/α,β-unsaturated/α-hetero) is 1. The van der Waals surface area contributed by atoms with Crippen LogP contribution in [0, 0.1) is 0 Å². The standard InChI is InChI=1S/C26H33N5O4/c1-5-22(32)17-7-8-18-20-16-27-13-9-19(20)24(31-21(18)15-17)29-12-6-11-28-23(33)10-14-30-25(34)35-26(2,3)4/h7-9,13,15-16H,5-6,10-12,14H2,1-4H3,(H,28,33)(H,29,31)(H,30,34). The summed E-state index contributed by atoms with van der Waals surface area (Å²) < 4.78 is 5.14. The average Bonchev–Trinajstić information content (AvgIpc) is 2.81. The number of benzene rings is 1. The molecule has 0 fully saturated rings. The van der Waals surface area contributed by atoms with Crippen molar-refractivity contribution in [2.24, 2.45) is 0 Å². The van der Waals surface area contributed by atoms with Crippen LogP contribution in [0.2, 0.25) is 0 Å². The SMILES string of the molecule is CCC(=O)c1ccc2c(c1)nc(NCCCNC(=O)CCNC(=O)OC(C)(C)C)c1ccncc12. The summed E-state index contributed by atoms with van der Waals surface area (Å²) in [6.45, 7) is 8.48. The minimum absolute atomic E-state index is 0.0755. The molecule has 1 aromatic carbocycles. The summed E-state index contributed by atoms with van der Waals surface area (Å²) in [5, 5.41) is 11.6. The first kappa shape index (κ1) is 25.9. The highest BCUT2D eigenvalue weighted by molar-refractivity contribution is 6.11. The van der Waals surface area contributed by atoms with Crippen molar-refractivity contribution < 1.29 is 19.1 Å². The van der Waals surface area contributed by atoms with Crippen LogP contribution in [-0.2, 0) is 9.53 Å². The number of nitrogens with one attached hydrogen (secondary N) is 3. The van der Waals surface area contributed by atoms with E-state index in [0.29, 0.717) is 37.3 Å². The van der Waals surface area contributed by atoms with Gasteiger partial charge in [-0.15, -0.1) is 0 Å².